The molecule has 3 aromatic rings. The summed E-state index contributed by atoms with van der Waals surface area (Å²) in [6, 6.07) is 16.5. The van der Waals surface area contributed by atoms with Crippen LogP contribution >= 0.6 is 0 Å². The molecule has 0 spiro atoms. The third-order valence-corrected chi connectivity index (χ3v) is 5.55. The smallest absolute Gasteiger partial charge is 0.271 e. The summed E-state index contributed by atoms with van der Waals surface area (Å²) >= 11 is 0. The van der Waals surface area contributed by atoms with Gasteiger partial charge >= 0.3 is 0 Å². The van der Waals surface area contributed by atoms with Gasteiger partial charge in [-0.05, 0) is 49.6 Å². The molecule has 5 heteroatoms. The number of hydrogen-bond acceptors (Lipinski definition) is 4. The van der Waals surface area contributed by atoms with Crippen LogP contribution in [0.5, 0.6) is 0 Å². The van der Waals surface area contributed by atoms with Crippen LogP contribution in [0.2, 0.25) is 0 Å². The molecule has 144 valence electrons. The van der Waals surface area contributed by atoms with Crippen molar-refractivity contribution in [2.24, 2.45) is 0 Å². The second-order valence-corrected chi connectivity index (χ2v) is 7.51. The molecular formula is C23H26N4O. The van der Waals surface area contributed by atoms with Crippen LogP contribution in [-0.4, -0.2) is 33.4 Å². The van der Waals surface area contributed by atoms with Crippen molar-refractivity contribution in [3.8, 4) is 0 Å². The minimum atomic E-state index is -0.195. The molecule has 0 bridgehead atoms. The topological polar surface area (TPSA) is 58.1 Å². The van der Waals surface area contributed by atoms with E-state index in [4.69, 9.17) is 0 Å². The van der Waals surface area contributed by atoms with Crippen LogP contribution in [0.1, 0.15) is 47.8 Å². The first-order chi connectivity index (χ1) is 13.7. The highest BCUT2D eigenvalue weighted by Crippen LogP contribution is 2.21. The molecule has 1 N–H and O–H groups in total. The van der Waals surface area contributed by atoms with Gasteiger partial charge < -0.3 is 5.32 Å². The number of carbonyl (C=O) groups is 1. The molecule has 0 aliphatic carbocycles. The van der Waals surface area contributed by atoms with Gasteiger partial charge in [0.1, 0.15) is 5.69 Å². The molecule has 2 heterocycles. The number of rotatable bonds is 5. The molecule has 1 saturated heterocycles. The number of amides is 1. The number of nitrogens with zero attached hydrogens (tertiary/aromatic N) is 3. The van der Waals surface area contributed by atoms with Gasteiger partial charge in [0.05, 0.1) is 17.2 Å². The Hall–Kier alpha value is -2.79. The molecule has 1 atom stereocenters. The van der Waals surface area contributed by atoms with Crippen LogP contribution in [0.15, 0.2) is 54.7 Å². The molecule has 2 aromatic carbocycles. The van der Waals surface area contributed by atoms with E-state index < -0.39 is 0 Å². The van der Waals surface area contributed by atoms with Crippen LogP contribution in [0.4, 0.5) is 0 Å². The Labute approximate surface area is 165 Å². The number of nitrogens with one attached hydrogen (secondary N) is 1. The highest BCUT2D eigenvalue weighted by atomic mass is 16.1. The van der Waals surface area contributed by atoms with E-state index in [0.29, 0.717) is 18.3 Å². The summed E-state index contributed by atoms with van der Waals surface area (Å²) in [7, 11) is 0. The zero-order valence-electron chi connectivity index (χ0n) is 16.3. The number of carbonyl (C=O) groups excluding carboxylic acids is 1. The third-order valence-electron chi connectivity index (χ3n) is 5.55. The average molecular weight is 374 g/mol. The maximum Gasteiger partial charge on any atom is 0.271 e. The summed E-state index contributed by atoms with van der Waals surface area (Å²) in [4.78, 5) is 23.9. The molecule has 1 aliphatic rings. The van der Waals surface area contributed by atoms with Gasteiger partial charge in [0.2, 0.25) is 0 Å². The summed E-state index contributed by atoms with van der Waals surface area (Å²) in [5.41, 5.74) is 4.30. The van der Waals surface area contributed by atoms with E-state index in [-0.39, 0.29) is 5.91 Å². The van der Waals surface area contributed by atoms with Gasteiger partial charge in [0, 0.05) is 19.1 Å². The van der Waals surface area contributed by atoms with Gasteiger partial charge in [0.25, 0.3) is 5.91 Å². The molecule has 1 aliphatic heterocycles. The van der Waals surface area contributed by atoms with Crippen LogP contribution in [0.3, 0.4) is 0 Å². The van der Waals surface area contributed by atoms with E-state index in [0.717, 1.165) is 29.7 Å². The van der Waals surface area contributed by atoms with E-state index in [9.17, 15) is 4.79 Å². The Morgan fingerprint density at radius 2 is 1.82 bits per heavy atom. The van der Waals surface area contributed by atoms with Crippen LogP contribution < -0.4 is 5.32 Å². The first kappa shape index (κ1) is 18.6. The largest absolute Gasteiger partial charge is 0.347 e. The van der Waals surface area contributed by atoms with Gasteiger partial charge in [-0.1, -0.05) is 42.8 Å². The van der Waals surface area contributed by atoms with Gasteiger partial charge in [-0.3, -0.25) is 14.7 Å². The van der Waals surface area contributed by atoms with E-state index in [1.54, 1.807) is 6.20 Å². The Bertz CT molecular complexity index is 971. The van der Waals surface area contributed by atoms with Gasteiger partial charge in [-0.25, -0.2) is 4.98 Å². The van der Waals surface area contributed by atoms with Crippen molar-refractivity contribution < 1.29 is 4.79 Å². The standard InChI is InChI=1S/C23H26N4O/c1-17-8-6-7-13-27(17)16-19-10-3-2-9-18(19)14-25-23(28)22-15-24-20-11-4-5-12-21(20)26-22/h2-5,9-12,15,17H,6-8,13-14,16H2,1H3,(H,25,28). The Morgan fingerprint density at radius 3 is 2.64 bits per heavy atom. The summed E-state index contributed by atoms with van der Waals surface area (Å²) in [6.07, 6.45) is 5.39. The number of piperidine rings is 1. The van der Waals surface area contributed by atoms with Crippen molar-refractivity contribution in [1.29, 1.82) is 0 Å². The van der Waals surface area contributed by atoms with Crippen LogP contribution in [0.25, 0.3) is 11.0 Å². The highest BCUT2D eigenvalue weighted by molar-refractivity contribution is 5.93. The van der Waals surface area contributed by atoms with Crippen molar-refractivity contribution in [2.75, 3.05) is 6.54 Å². The minimum Gasteiger partial charge on any atom is -0.347 e. The number of likely N-dealkylation sites (tertiary alicyclic amines) is 1. The lowest BCUT2D eigenvalue weighted by Crippen LogP contribution is -2.37. The summed E-state index contributed by atoms with van der Waals surface area (Å²) < 4.78 is 0. The van der Waals surface area contributed by atoms with Crippen molar-refractivity contribution in [2.45, 2.75) is 45.3 Å². The fourth-order valence-corrected chi connectivity index (χ4v) is 3.83. The molecule has 1 fully saturated rings. The molecule has 0 radical (unpaired) electrons. The number of fused-ring (bicyclic) bond motifs is 1. The predicted molar refractivity (Wildman–Crippen MR) is 111 cm³/mol. The summed E-state index contributed by atoms with van der Waals surface area (Å²) in [6.45, 7) is 4.88. The van der Waals surface area contributed by atoms with E-state index in [2.05, 4.69) is 45.3 Å². The highest BCUT2D eigenvalue weighted by Gasteiger charge is 2.19. The maximum absolute atomic E-state index is 12.6. The van der Waals surface area contributed by atoms with Gasteiger partial charge in [-0.15, -0.1) is 0 Å². The Morgan fingerprint density at radius 1 is 1.07 bits per heavy atom. The van der Waals surface area contributed by atoms with Crippen molar-refractivity contribution in [3.63, 3.8) is 0 Å². The zero-order chi connectivity index (χ0) is 19.3. The molecule has 1 amide bonds. The van der Waals surface area contributed by atoms with Crippen molar-refractivity contribution >= 4 is 16.9 Å². The lowest BCUT2D eigenvalue weighted by Gasteiger charge is -2.33. The number of aromatic nitrogens is 2. The average Bonchev–Trinajstić information content (AvgIpc) is 2.74. The van der Waals surface area contributed by atoms with E-state index >= 15 is 0 Å². The minimum absolute atomic E-state index is 0.195. The maximum atomic E-state index is 12.6. The fraction of sp³-hybridized carbons (Fsp3) is 0.348. The Kier molecular flexibility index (Phi) is 5.63. The summed E-state index contributed by atoms with van der Waals surface area (Å²) in [5.74, 6) is -0.195. The van der Waals surface area contributed by atoms with Crippen LogP contribution in [0, 0.1) is 0 Å². The van der Waals surface area contributed by atoms with E-state index in [1.807, 2.05) is 30.3 Å². The molecule has 5 nitrogen and oxygen atoms in total. The monoisotopic (exact) mass is 374 g/mol. The summed E-state index contributed by atoms with van der Waals surface area (Å²) in [5, 5.41) is 3.01. The molecule has 1 aromatic heterocycles. The lowest BCUT2D eigenvalue weighted by atomic mass is 10.0. The fourth-order valence-electron chi connectivity index (χ4n) is 3.83. The SMILES string of the molecule is CC1CCCCN1Cc1ccccc1CNC(=O)c1cnc2ccccc2n1. The van der Waals surface area contributed by atoms with E-state index in [1.165, 1.54) is 24.8 Å². The molecule has 28 heavy (non-hydrogen) atoms. The second kappa shape index (κ2) is 8.48. The second-order valence-electron chi connectivity index (χ2n) is 7.51. The van der Waals surface area contributed by atoms with Crippen LogP contribution in [-0.2, 0) is 13.1 Å². The number of benzene rings is 2. The normalized spacial score (nSPS) is 17.5. The molecule has 4 rings (SSSR count). The first-order valence-electron chi connectivity index (χ1n) is 10.0. The van der Waals surface area contributed by atoms with Crippen molar-refractivity contribution in [1.82, 2.24) is 20.2 Å². The quantitative estimate of drug-likeness (QED) is 0.735. The molecule has 0 saturated carbocycles. The predicted octanol–water partition coefficient (Wildman–Crippen LogP) is 3.93. The van der Waals surface area contributed by atoms with Gasteiger partial charge in [0.15, 0.2) is 0 Å². The zero-order valence-corrected chi connectivity index (χ0v) is 16.3. The lowest BCUT2D eigenvalue weighted by molar-refractivity contribution is 0.0945. The number of para-hydroxylation sites is 2. The van der Waals surface area contributed by atoms with Gasteiger partial charge in [-0.2, -0.15) is 0 Å². The molecule has 1 unspecified atom stereocenters. The molecular weight excluding hydrogens is 348 g/mol. The first-order valence-corrected chi connectivity index (χ1v) is 10.0. The Balaban J connectivity index is 1.44. The third kappa shape index (κ3) is 4.20. The number of hydrogen-bond donors (Lipinski definition) is 1. The van der Waals surface area contributed by atoms with Crippen molar-refractivity contribution in [3.05, 3.63) is 71.5 Å².